The molecule has 0 amide bonds. The third-order valence-corrected chi connectivity index (χ3v) is 8.93. The van der Waals surface area contributed by atoms with E-state index in [1.54, 1.807) is 0 Å². The van der Waals surface area contributed by atoms with E-state index in [2.05, 4.69) is 96.3 Å². The second-order valence-corrected chi connectivity index (χ2v) is 10.4. The molecule has 1 aliphatic rings. The van der Waals surface area contributed by atoms with E-state index in [1.165, 1.54) is 47.8 Å². The van der Waals surface area contributed by atoms with Crippen molar-refractivity contribution in [2.24, 2.45) is 0 Å². The summed E-state index contributed by atoms with van der Waals surface area (Å²) in [5.74, 6) is 2.00. The second kappa shape index (κ2) is 9.40. The van der Waals surface area contributed by atoms with Crippen LogP contribution in [0.15, 0.2) is 72.8 Å². The molecule has 1 saturated carbocycles. The van der Waals surface area contributed by atoms with Gasteiger partial charge in [-0.15, -0.1) is 0 Å². The molecule has 0 radical (unpaired) electrons. The number of rotatable bonds is 6. The Bertz CT molecular complexity index is 1050. The van der Waals surface area contributed by atoms with Gasteiger partial charge in [0.05, 0.1) is 22.4 Å². The normalized spacial score (nSPS) is 19.3. The van der Waals surface area contributed by atoms with E-state index >= 15 is 0 Å². The lowest BCUT2D eigenvalue weighted by molar-refractivity contribution is 0.527. The fourth-order valence-electron chi connectivity index (χ4n) is 4.21. The lowest BCUT2D eigenvalue weighted by Crippen LogP contribution is -2.24. The van der Waals surface area contributed by atoms with E-state index in [1.807, 2.05) is 0 Å². The number of pyridine rings is 2. The molecule has 0 aliphatic heterocycles. The van der Waals surface area contributed by atoms with Crippen LogP contribution < -0.4 is 0 Å². The molecule has 0 unspecified atom stereocenters. The van der Waals surface area contributed by atoms with E-state index in [0.717, 1.165) is 22.5 Å². The molecule has 0 spiro atoms. The van der Waals surface area contributed by atoms with Crippen molar-refractivity contribution in [2.45, 2.75) is 47.7 Å². The molecule has 1 fully saturated rings. The summed E-state index contributed by atoms with van der Waals surface area (Å²) < 4.78 is 0. The van der Waals surface area contributed by atoms with Gasteiger partial charge in [-0.1, -0.05) is 61.4 Å². The molecule has 4 heteroatoms. The van der Waals surface area contributed by atoms with Crippen LogP contribution in [-0.2, 0) is 11.5 Å². The second-order valence-electron chi connectivity index (χ2n) is 7.97. The van der Waals surface area contributed by atoms with Gasteiger partial charge < -0.3 is 0 Å². The van der Waals surface area contributed by atoms with Gasteiger partial charge in [0.25, 0.3) is 0 Å². The first-order chi connectivity index (χ1) is 14.8. The monoisotopic (exact) mass is 430 g/mol. The number of thioether (sulfide) groups is 2. The maximum atomic E-state index is 4.87. The Hall–Kier alpha value is -2.04. The summed E-state index contributed by atoms with van der Waals surface area (Å²) in [6.45, 7) is 0. The van der Waals surface area contributed by atoms with Crippen molar-refractivity contribution < 1.29 is 0 Å². The van der Waals surface area contributed by atoms with Gasteiger partial charge in [-0.3, -0.25) is 9.97 Å². The maximum Gasteiger partial charge on any atom is 0.0705 e. The summed E-state index contributed by atoms with van der Waals surface area (Å²) in [6, 6.07) is 25.6. The van der Waals surface area contributed by atoms with Crippen LogP contribution in [-0.4, -0.2) is 20.5 Å². The molecule has 2 heterocycles. The first-order valence-electron chi connectivity index (χ1n) is 10.8. The SMILES string of the molecule is c1ccc2nc(CS[C@@H]3CCCC[C@H]3SCc3ccc4ccccc4n3)ccc2c1. The van der Waals surface area contributed by atoms with E-state index in [4.69, 9.17) is 9.97 Å². The van der Waals surface area contributed by atoms with E-state index in [-0.39, 0.29) is 0 Å². The summed E-state index contributed by atoms with van der Waals surface area (Å²) in [5, 5.41) is 3.86. The fourth-order valence-corrected chi connectivity index (χ4v) is 7.14. The zero-order chi connectivity index (χ0) is 20.2. The molecular weight excluding hydrogens is 404 g/mol. The van der Waals surface area contributed by atoms with Gasteiger partial charge in [0.2, 0.25) is 0 Å². The van der Waals surface area contributed by atoms with Gasteiger partial charge in [-0.25, -0.2) is 0 Å². The third kappa shape index (κ3) is 4.65. The standard InChI is InChI=1S/C26H26N2S2/c1-3-9-23-19(7-1)13-15-21(27-23)17-29-25-11-5-6-12-26(25)30-18-22-16-14-20-8-2-4-10-24(20)28-22/h1-4,7-10,13-16,25-26H,5-6,11-12,17-18H2/t25-,26-/m1/s1. The first kappa shape index (κ1) is 19.9. The molecule has 4 aromatic rings. The first-order valence-corrected chi connectivity index (χ1v) is 12.9. The van der Waals surface area contributed by atoms with Crippen LogP contribution >= 0.6 is 23.5 Å². The molecule has 2 aromatic heterocycles. The summed E-state index contributed by atoms with van der Waals surface area (Å²) in [4.78, 5) is 9.74. The molecule has 0 N–H and O–H groups in total. The highest BCUT2D eigenvalue weighted by atomic mass is 32.2. The predicted octanol–water partition coefficient (Wildman–Crippen LogP) is 7.26. The van der Waals surface area contributed by atoms with Crippen molar-refractivity contribution in [2.75, 3.05) is 0 Å². The quantitative estimate of drug-likeness (QED) is 0.321. The highest BCUT2D eigenvalue weighted by molar-refractivity contribution is 8.03. The van der Waals surface area contributed by atoms with Gasteiger partial charge in [0.1, 0.15) is 0 Å². The number of para-hydroxylation sites is 2. The molecule has 0 bridgehead atoms. The van der Waals surface area contributed by atoms with Gasteiger partial charge in [0, 0.05) is 32.8 Å². The highest BCUT2D eigenvalue weighted by Crippen LogP contribution is 2.38. The third-order valence-electron chi connectivity index (χ3n) is 5.84. The van der Waals surface area contributed by atoms with E-state index in [9.17, 15) is 0 Å². The van der Waals surface area contributed by atoms with Crippen LogP contribution in [0.3, 0.4) is 0 Å². The largest absolute Gasteiger partial charge is 0.252 e. The number of nitrogens with zero attached hydrogens (tertiary/aromatic N) is 2. The molecule has 2 atom stereocenters. The Morgan fingerprint density at radius 2 is 1.07 bits per heavy atom. The minimum atomic E-state index is 0.706. The van der Waals surface area contributed by atoms with Gasteiger partial charge in [-0.2, -0.15) is 23.5 Å². The molecule has 152 valence electrons. The summed E-state index contributed by atoms with van der Waals surface area (Å²) in [7, 11) is 0. The van der Waals surface area contributed by atoms with Crippen molar-refractivity contribution in [1.29, 1.82) is 0 Å². The number of hydrogen-bond acceptors (Lipinski definition) is 4. The lowest BCUT2D eigenvalue weighted by atomic mass is 10.00. The molecular formula is C26H26N2S2. The van der Waals surface area contributed by atoms with Crippen LogP contribution in [0.4, 0.5) is 0 Å². The molecule has 1 aliphatic carbocycles. The highest BCUT2D eigenvalue weighted by Gasteiger charge is 2.26. The number of aromatic nitrogens is 2. The number of hydrogen-bond donors (Lipinski definition) is 0. The van der Waals surface area contributed by atoms with Crippen molar-refractivity contribution in [3.05, 3.63) is 84.2 Å². The Morgan fingerprint density at radius 1 is 0.600 bits per heavy atom. The summed E-state index contributed by atoms with van der Waals surface area (Å²) in [5.41, 5.74) is 4.61. The number of benzene rings is 2. The topological polar surface area (TPSA) is 25.8 Å². The van der Waals surface area contributed by atoms with Crippen molar-refractivity contribution in [3.63, 3.8) is 0 Å². The molecule has 5 rings (SSSR count). The fraction of sp³-hybridized carbons (Fsp3) is 0.308. The van der Waals surface area contributed by atoms with Crippen LogP contribution in [0.2, 0.25) is 0 Å². The Morgan fingerprint density at radius 3 is 1.57 bits per heavy atom. The van der Waals surface area contributed by atoms with E-state index < -0.39 is 0 Å². The predicted molar refractivity (Wildman–Crippen MR) is 132 cm³/mol. The minimum Gasteiger partial charge on any atom is -0.252 e. The van der Waals surface area contributed by atoms with Crippen molar-refractivity contribution in [1.82, 2.24) is 9.97 Å². The van der Waals surface area contributed by atoms with E-state index in [0.29, 0.717) is 10.5 Å². The summed E-state index contributed by atoms with van der Waals surface area (Å²) >= 11 is 4.20. The van der Waals surface area contributed by atoms with Gasteiger partial charge >= 0.3 is 0 Å². The minimum absolute atomic E-state index is 0.706. The smallest absolute Gasteiger partial charge is 0.0705 e. The zero-order valence-corrected chi connectivity index (χ0v) is 18.7. The lowest BCUT2D eigenvalue weighted by Gasteiger charge is -2.30. The molecule has 2 aromatic carbocycles. The van der Waals surface area contributed by atoms with Crippen molar-refractivity contribution >= 4 is 45.3 Å². The zero-order valence-electron chi connectivity index (χ0n) is 17.0. The van der Waals surface area contributed by atoms with Crippen LogP contribution in [0.25, 0.3) is 21.8 Å². The van der Waals surface area contributed by atoms with Crippen LogP contribution in [0.5, 0.6) is 0 Å². The average molecular weight is 431 g/mol. The van der Waals surface area contributed by atoms with Crippen LogP contribution in [0.1, 0.15) is 37.1 Å². The molecule has 30 heavy (non-hydrogen) atoms. The average Bonchev–Trinajstić information content (AvgIpc) is 2.81. The maximum absolute atomic E-state index is 4.87. The molecule has 0 saturated heterocycles. The van der Waals surface area contributed by atoms with Gasteiger partial charge in [-0.05, 0) is 37.1 Å². The molecule has 2 nitrogen and oxygen atoms in total. The summed E-state index contributed by atoms with van der Waals surface area (Å²) in [6.07, 6.45) is 5.35. The van der Waals surface area contributed by atoms with Crippen molar-refractivity contribution in [3.8, 4) is 0 Å². The van der Waals surface area contributed by atoms with Crippen LogP contribution in [0, 0.1) is 0 Å². The van der Waals surface area contributed by atoms with Gasteiger partial charge in [0.15, 0.2) is 0 Å². The Labute approximate surface area is 186 Å². The number of fused-ring (bicyclic) bond motifs is 2. The Balaban J connectivity index is 1.22. The Kier molecular flexibility index (Phi) is 6.24.